The average Bonchev–Trinajstić information content (AvgIpc) is 3.17. The summed E-state index contributed by atoms with van der Waals surface area (Å²) in [4.78, 5) is 11.6. The van der Waals surface area contributed by atoms with Crippen molar-refractivity contribution >= 4 is 5.97 Å². The van der Waals surface area contributed by atoms with Crippen molar-refractivity contribution < 1.29 is 30.0 Å². The van der Waals surface area contributed by atoms with Gasteiger partial charge in [0.05, 0.1) is 23.4 Å². The number of esters is 1. The maximum absolute atomic E-state index is 12.1. The third-order valence-corrected chi connectivity index (χ3v) is 10.1. The largest absolute Gasteiger partial charge is 0.458 e. The molecule has 162 valence electrons. The number of ether oxygens (including phenoxy) is 1. The van der Waals surface area contributed by atoms with Gasteiger partial charge in [-0.15, -0.1) is 0 Å². The molecule has 29 heavy (non-hydrogen) atoms. The van der Waals surface area contributed by atoms with E-state index < -0.39 is 34.2 Å². The van der Waals surface area contributed by atoms with Gasteiger partial charge in [-0.05, 0) is 61.3 Å². The molecule has 9 atom stereocenters. The van der Waals surface area contributed by atoms with E-state index in [1.807, 2.05) is 0 Å². The van der Waals surface area contributed by atoms with E-state index in [0.717, 1.165) is 24.8 Å². The van der Waals surface area contributed by atoms with Crippen LogP contribution >= 0.6 is 0 Å². The Morgan fingerprint density at radius 3 is 2.41 bits per heavy atom. The highest BCUT2D eigenvalue weighted by Crippen LogP contribution is 2.70. The van der Waals surface area contributed by atoms with Crippen LogP contribution in [0.15, 0.2) is 11.6 Å². The van der Waals surface area contributed by atoms with Crippen molar-refractivity contribution in [3.05, 3.63) is 11.6 Å². The highest BCUT2D eigenvalue weighted by Gasteiger charge is 2.72. The molecular formula is C23H34O6. The van der Waals surface area contributed by atoms with Gasteiger partial charge >= 0.3 is 5.97 Å². The quantitative estimate of drug-likeness (QED) is 0.494. The fraction of sp³-hybridized carbons (Fsp3) is 0.870. The van der Waals surface area contributed by atoms with Crippen LogP contribution in [0.4, 0.5) is 0 Å². The molecule has 6 heteroatoms. The van der Waals surface area contributed by atoms with Crippen molar-refractivity contribution in [1.82, 2.24) is 0 Å². The molecular weight excluding hydrogens is 372 g/mol. The summed E-state index contributed by atoms with van der Waals surface area (Å²) in [6.07, 6.45) is 5.12. The second-order valence-electron chi connectivity index (χ2n) is 11.0. The Hall–Kier alpha value is -0.950. The molecule has 4 saturated carbocycles. The number of aliphatic hydroxyl groups excluding tert-OH is 2. The van der Waals surface area contributed by atoms with E-state index in [9.17, 15) is 25.2 Å². The van der Waals surface area contributed by atoms with Crippen LogP contribution in [0.3, 0.4) is 0 Å². The summed E-state index contributed by atoms with van der Waals surface area (Å²) in [5, 5.41) is 45.1. The highest BCUT2D eigenvalue weighted by atomic mass is 16.5. The maximum Gasteiger partial charge on any atom is 0.331 e. The maximum atomic E-state index is 12.1. The van der Waals surface area contributed by atoms with Crippen molar-refractivity contribution in [2.75, 3.05) is 6.61 Å². The lowest BCUT2D eigenvalue weighted by atomic mass is 9.41. The second kappa shape index (κ2) is 6.06. The van der Waals surface area contributed by atoms with Gasteiger partial charge in [-0.25, -0.2) is 4.79 Å². The minimum Gasteiger partial charge on any atom is -0.458 e. The number of rotatable bonds is 1. The zero-order valence-electron chi connectivity index (χ0n) is 17.4. The van der Waals surface area contributed by atoms with E-state index in [1.165, 1.54) is 0 Å². The van der Waals surface area contributed by atoms with Gasteiger partial charge in [-0.1, -0.05) is 13.8 Å². The first kappa shape index (κ1) is 20.0. The Morgan fingerprint density at radius 2 is 1.72 bits per heavy atom. The minimum absolute atomic E-state index is 0.0102. The predicted octanol–water partition coefficient (Wildman–Crippen LogP) is 1.69. The Morgan fingerprint density at radius 1 is 1.00 bits per heavy atom. The normalized spacial score (nSPS) is 56.8. The van der Waals surface area contributed by atoms with Gasteiger partial charge in [0, 0.05) is 30.3 Å². The lowest BCUT2D eigenvalue weighted by Gasteiger charge is -2.67. The topological polar surface area (TPSA) is 107 Å². The third-order valence-electron chi connectivity index (χ3n) is 10.1. The summed E-state index contributed by atoms with van der Waals surface area (Å²) in [5.41, 5.74) is -2.00. The fourth-order valence-electron chi connectivity index (χ4n) is 8.41. The van der Waals surface area contributed by atoms with Crippen molar-refractivity contribution in [3.8, 4) is 0 Å². The number of carbonyl (C=O) groups excluding carboxylic acids is 1. The molecule has 0 saturated heterocycles. The van der Waals surface area contributed by atoms with E-state index >= 15 is 0 Å². The molecule has 0 radical (unpaired) electrons. The van der Waals surface area contributed by atoms with Gasteiger partial charge in [0.2, 0.25) is 0 Å². The fourth-order valence-corrected chi connectivity index (χ4v) is 8.41. The summed E-state index contributed by atoms with van der Waals surface area (Å²) in [6, 6.07) is 0. The van der Waals surface area contributed by atoms with Crippen LogP contribution in [0.25, 0.3) is 0 Å². The zero-order chi connectivity index (χ0) is 20.8. The summed E-state index contributed by atoms with van der Waals surface area (Å²) >= 11 is 0. The van der Waals surface area contributed by atoms with E-state index in [4.69, 9.17) is 4.74 Å². The lowest BCUT2D eigenvalue weighted by Crippen LogP contribution is -2.71. The van der Waals surface area contributed by atoms with Crippen LogP contribution in [0.2, 0.25) is 0 Å². The van der Waals surface area contributed by atoms with Crippen LogP contribution in [0, 0.1) is 28.6 Å². The molecule has 0 spiro atoms. The van der Waals surface area contributed by atoms with Gasteiger partial charge in [0.25, 0.3) is 0 Å². The smallest absolute Gasteiger partial charge is 0.331 e. The summed E-state index contributed by atoms with van der Waals surface area (Å²) < 4.78 is 5.15. The molecule has 0 amide bonds. The molecule has 4 aliphatic carbocycles. The molecule has 0 aromatic rings. The first-order valence-electron chi connectivity index (χ1n) is 11.2. The zero-order valence-corrected chi connectivity index (χ0v) is 17.4. The minimum atomic E-state index is -1.10. The summed E-state index contributed by atoms with van der Waals surface area (Å²) in [5.74, 6) is -0.515. The Kier molecular flexibility index (Phi) is 4.17. The van der Waals surface area contributed by atoms with Gasteiger partial charge in [-0.2, -0.15) is 0 Å². The second-order valence-corrected chi connectivity index (χ2v) is 11.0. The van der Waals surface area contributed by atoms with Crippen LogP contribution < -0.4 is 0 Å². The van der Waals surface area contributed by atoms with Crippen molar-refractivity contribution in [2.24, 2.45) is 28.6 Å². The van der Waals surface area contributed by atoms with Crippen molar-refractivity contribution in [2.45, 2.75) is 88.6 Å². The predicted molar refractivity (Wildman–Crippen MR) is 105 cm³/mol. The van der Waals surface area contributed by atoms with Crippen LogP contribution in [0.1, 0.15) is 65.2 Å². The standard InChI is InChI=1S/C23H34O6/c1-20-6-3-14(24)10-22(20,27)11-17(25)19-16(20)4-7-21(2)15(5-8-23(19,21)28)13-9-18(26)29-12-13/h9,14-17,19,24-25,27-28H,3-8,10-12H2,1-2H3/t14-,15+,16-,17-,19+,20+,21+,22+,23-/m0/s1. The molecule has 4 fully saturated rings. The third kappa shape index (κ3) is 2.40. The number of cyclic esters (lactones) is 1. The monoisotopic (exact) mass is 406 g/mol. The molecule has 4 N–H and O–H groups in total. The molecule has 5 rings (SSSR count). The van der Waals surface area contributed by atoms with E-state index in [-0.39, 0.29) is 30.1 Å². The average molecular weight is 407 g/mol. The molecule has 1 aliphatic heterocycles. The molecule has 0 bridgehead atoms. The number of aliphatic hydroxyl groups is 4. The number of hydrogen-bond donors (Lipinski definition) is 4. The van der Waals surface area contributed by atoms with E-state index in [1.54, 1.807) is 6.08 Å². The van der Waals surface area contributed by atoms with Crippen LogP contribution in [-0.2, 0) is 9.53 Å². The van der Waals surface area contributed by atoms with Gasteiger partial charge in [0.15, 0.2) is 0 Å². The SMILES string of the molecule is C[C@]12CC[C@H](O)C[C@@]1(O)C[C@H](O)[C@H]1[C@@H]2CC[C@]2(C)[C@@H](C3=CC(=O)OC3)CC[C@]12O. The molecule has 0 aromatic heterocycles. The van der Waals surface area contributed by atoms with Crippen molar-refractivity contribution in [3.63, 3.8) is 0 Å². The van der Waals surface area contributed by atoms with Gasteiger partial charge in [0.1, 0.15) is 6.61 Å². The molecule has 0 aromatic carbocycles. The molecule has 0 unspecified atom stereocenters. The highest BCUT2D eigenvalue weighted by molar-refractivity contribution is 5.85. The lowest BCUT2D eigenvalue weighted by molar-refractivity contribution is -0.283. The first-order chi connectivity index (χ1) is 13.5. The van der Waals surface area contributed by atoms with E-state index in [0.29, 0.717) is 32.3 Å². The number of fused-ring (bicyclic) bond motifs is 5. The number of carbonyl (C=O) groups is 1. The summed E-state index contributed by atoms with van der Waals surface area (Å²) in [7, 11) is 0. The van der Waals surface area contributed by atoms with Gasteiger partial charge < -0.3 is 25.2 Å². The summed E-state index contributed by atoms with van der Waals surface area (Å²) in [6.45, 7) is 4.53. The molecule has 6 nitrogen and oxygen atoms in total. The number of hydrogen-bond acceptors (Lipinski definition) is 6. The Labute approximate surface area is 172 Å². The molecule has 1 heterocycles. The Balaban J connectivity index is 1.53. The van der Waals surface area contributed by atoms with Crippen molar-refractivity contribution in [1.29, 1.82) is 0 Å². The van der Waals surface area contributed by atoms with Gasteiger partial charge in [-0.3, -0.25) is 0 Å². The molecule has 5 aliphatic rings. The van der Waals surface area contributed by atoms with Crippen LogP contribution in [0.5, 0.6) is 0 Å². The Bertz CT molecular complexity index is 764. The van der Waals surface area contributed by atoms with E-state index in [2.05, 4.69) is 13.8 Å². The first-order valence-corrected chi connectivity index (χ1v) is 11.2. The van der Waals surface area contributed by atoms with Crippen LogP contribution in [-0.4, -0.2) is 56.4 Å².